The van der Waals surface area contributed by atoms with E-state index in [0.29, 0.717) is 12.2 Å². The highest BCUT2D eigenvalue weighted by Crippen LogP contribution is 2.27. The van der Waals surface area contributed by atoms with Crippen LogP contribution in [-0.2, 0) is 6.42 Å². The van der Waals surface area contributed by atoms with Crippen LogP contribution < -0.4 is 0 Å². The Morgan fingerprint density at radius 1 is 1.18 bits per heavy atom. The van der Waals surface area contributed by atoms with Gasteiger partial charge >= 0.3 is 0 Å². The zero-order valence-electron chi connectivity index (χ0n) is 6.82. The Hall–Kier alpha value is -1.05. The Labute approximate surface area is 65.6 Å². The fraction of sp³-hybridized carbons (Fsp3) is 0.444. The molecule has 2 nitrogen and oxygen atoms in total. The number of aromatic amines is 1. The normalized spacial score (nSPS) is 15.6. The van der Waals surface area contributed by atoms with Crippen LogP contribution in [0.25, 0.3) is 0 Å². The third-order valence-electron chi connectivity index (χ3n) is 2.39. The van der Waals surface area contributed by atoms with Gasteiger partial charge in [-0.15, -0.1) is 0 Å². The first-order valence-electron chi connectivity index (χ1n) is 3.91. The second-order valence-corrected chi connectivity index (χ2v) is 3.15. The van der Waals surface area contributed by atoms with E-state index in [9.17, 15) is 4.79 Å². The largest absolute Gasteiger partial charge is 0.362 e. The molecule has 2 heteroatoms. The van der Waals surface area contributed by atoms with Crippen molar-refractivity contribution in [3.05, 3.63) is 22.5 Å². The average Bonchev–Trinajstić information content (AvgIpc) is 2.41. The molecule has 0 fully saturated rings. The third kappa shape index (κ3) is 0.754. The molecule has 11 heavy (non-hydrogen) atoms. The van der Waals surface area contributed by atoms with Crippen molar-refractivity contribution in [2.75, 3.05) is 0 Å². The lowest BCUT2D eigenvalue weighted by molar-refractivity contribution is 0.0994. The van der Waals surface area contributed by atoms with Gasteiger partial charge in [-0.05, 0) is 25.8 Å². The summed E-state index contributed by atoms with van der Waals surface area (Å²) in [5, 5.41) is 0. The van der Waals surface area contributed by atoms with Crippen molar-refractivity contribution in [1.82, 2.24) is 4.98 Å². The standard InChI is InChI=1S/C9H11NO/c1-5-7-3-4-8(11)9(7)6(2)10-5/h10H,3-4H2,1-2H3. The van der Waals surface area contributed by atoms with Gasteiger partial charge < -0.3 is 4.98 Å². The zero-order valence-corrected chi connectivity index (χ0v) is 6.82. The van der Waals surface area contributed by atoms with Gasteiger partial charge in [-0.3, -0.25) is 4.79 Å². The molecule has 1 heterocycles. The number of nitrogens with one attached hydrogen (secondary N) is 1. The van der Waals surface area contributed by atoms with E-state index in [4.69, 9.17) is 0 Å². The number of aromatic nitrogens is 1. The topological polar surface area (TPSA) is 32.9 Å². The number of carbonyl (C=O) groups excluding carboxylic acids is 1. The van der Waals surface area contributed by atoms with E-state index in [1.807, 2.05) is 13.8 Å². The first-order valence-corrected chi connectivity index (χ1v) is 3.91. The third-order valence-corrected chi connectivity index (χ3v) is 2.39. The number of fused-ring (bicyclic) bond motifs is 1. The fourth-order valence-corrected chi connectivity index (χ4v) is 1.89. The molecule has 58 valence electrons. The van der Waals surface area contributed by atoms with Crippen molar-refractivity contribution >= 4 is 5.78 Å². The smallest absolute Gasteiger partial charge is 0.165 e. The second-order valence-electron chi connectivity index (χ2n) is 3.15. The molecule has 1 aromatic rings. The number of hydrogen-bond acceptors (Lipinski definition) is 1. The zero-order chi connectivity index (χ0) is 8.01. The molecule has 1 aromatic heterocycles. The molecule has 0 atom stereocenters. The molecule has 0 bridgehead atoms. The summed E-state index contributed by atoms with van der Waals surface area (Å²) >= 11 is 0. The summed E-state index contributed by atoms with van der Waals surface area (Å²) in [7, 11) is 0. The molecular formula is C9H11NO. The van der Waals surface area contributed by atoms with E-state index >= 15 is 0 Å². The van der Waals surface area contributed by atoms with Crippen LogP contribution in [0.5, 0.6) is 0 Å². The molecule has 2 rings (SSSR count). The molecular weight excluding hydrogens is 138 g/mol. The minimum atomic E-state index is 0.307. The molecule has 0 saturated carbocycles. The maximum absolute atomic E-state index is 11.3. The monoisotopic (exact) mass is 149 g/mol. The van der Waals surface area contributed by atoms with Crippen LogP contribution in [0.2, 0.25) is 0 Å². The SMILES string of the molecule is Cc1[nH]c(C)c2c1CCC2=O. The van der Waals surface area contributed by atoms with Gasteiger partial charge in [0, 0.05) is 23.4 Å². The summed E-state index contributed by atoms with van der Waals surface area (Å²) < 4.78 is 0. The maximum Gasteiger partial charge on any atom is 0.165 e. The molecule has 0 aromatic carbocycles. The van der Waals surface area contributed by atoms with Crippen molar-refractivity contribution in [1.29, 1.82) is 0 Å². The van der Waals surface area contributed by atoms with E-state index in [1.165, 1.54) is 11.3 Å². The Morgan fingerprint density at radius 3 is 2.55 bits per heavy atom. The molecule has 0 radical (unpaired) electrons. The van der Waals surface area contributed by atoms with Gasteiger partial charge in [0.15, 0.2) is 5.78 Å². The quantitative estimate of drug-likeness (QED) is 0.599. The number of ketones is 1. The van der Waals surface area contributed by atoms with E-state index in [0.717, 1.165) is 17.7 Å². The van der Waals surface area contributed by atoms with Gasteiger partial charge in [0.2, 0.25) is 0 Å². The minimum absolute atomic E-state index is 0.307. The number of carbonyl (C=O) groups is 1. The van der Waals surface area contributed by atoms with E-state index in [1.54, 1.807) is 0 Å². The van der Waals surface area contributed by atoms with E-state index < -0.39 is 0 Å². The van der Waals surface area contributed by atoms with Crippen LogP contribution in [0, 0.1) is 13.8 Å². The van der Waals surface area contributed by atoms with Crippen LogP contribution in [0.4, 0.5) is 0 Å². The summed E-state index contributed by atoms with van der Waals surface area (Å²) in [6.07, 6.45) is 1.64. The Morgan fingerprint density at radius 2 is 1.91 bits per heavy atom. The Balaban J connectivity index is 2.69. The average molecular weight is 149 g/mol. The summed E-state index contributed by atoms with van der Waals surface area (Å²) in [6, 6.07) is 0. The number of hydrogen-bond donors (Lipinski definition) is 1. The summed E-state index contributed by atoms with van der Waals surface area (Å²) in [5.41, 5.74) is 4.42. The highest BCUT2D eigenvalue weighted by Gasteiger charge is 2.24. The van der Waals surface area contributed by atoms with Crippen molar-refractivity contribution in [2.45, 2.75) is 26.7 Å². The molecule has 0 spiro atoms. The van der Waals surface area contributed by atoms with Crippen molar-refractivity contribution in [3.63, 3.8) is 0 Å². The van der Waals surface area contributed by atoms with E-state index in [-0.39, 0.29) is 0 Å². The Bertz CT molecular complexity index is 323. The summed E-state index contributed by atoms with van der Waals surface area (Å²) in [4.78, 5) is 14.5. The predicted octanol–water partition coefficient (Wildman–Crippen LogP) is 1.76. The Kier molecular flexibility index (Phi) is 1.19. The maximum atomic E-state index is 11.3. The van der Waals surface area contributed by atoms with Gasteiger partial charge in [-0.25, -0.2) is 0 Å². The fourth-order valence-electron chi connectivity index (χ4n) is 1.89. The molecule has 1 aliphatic rings. The van der Waals surface area contributed by atoms with Crippen molar-refractivity contribution in [2.24, 2.45) is 0 Å². The summed E-state index contributed by atoms with van der Waals surface area (Å²) in [6.45, 7) is 4.00. The lowest BCUT2D eigenvalue weighted by Gasteiger charge is -1.88. The van der Waals surface area contributed by atoms with Crippen molar-refractivity contribution < 1.29 is 4.79 Å². The molecule has 1 aliphatic carbocycles. The predicted molar refractivity (Wildman–Crippen MR) is 42.9 cm³/mol. The van der Waals surface area contributed by atoms with Crippen LogP contribution >= 0.6 is 0 Å². The van der Waals surface area contributed by atoms with Gasteiger partial charge in [-0.1, -0.05) is 0 Å². The minimum Gasteiger partial charge on any atom is -0.362 e. The van der Waals surface area contributed by atoms with Crippen molar-refractivity contribution in [3.8, 4) is 0 Å². The lowest BCUT2D eigenvalue weighted by Crippen LogP contribution is -1.92. The van der Waals surface area contributed by atoms with Crippen LogP contribution in [0.1, 0.15) is 33.7 Å². The van der Waals surface area contributed by atoms with Crippen LogP contribution in [-0.4, -0.2) is 10.8 Å². The highest BCUT2D eigenvalue weighted by atomic mass is 16.1. The second kappa shape index (κ2) is 1.97. The highest BCUT2D eigenvalue weighted by molar-refractivity contribution is 6.01. The first kappa shape index (κ1) is 6.65. The number of rotatable bonds is 0. The number of Topliss-reactive ketones (excluding diaryl/α,β-unsaturated/α-hetero) is 1. The first-order chi connectivity index (χ1) is 5.20. The molecule has 0 aliphatic heterocycles. The van der Waals surface area contributed by atoms with Gasteiger partial charge in [0.1, 0.15) is 0 Å². The molecule has 0 saturated heterocycles. The molecule has 1 N–H and O–H groups in total. The van der Waals surface area contributed by atoms with Gasteiger partial charge in [0.05, 0.1) is 0 Å². The number of aryl methyl sites for hydroxylation is 2. The van der Waals surface area contributed by atoms with Gasteiger partial charge in [-0.2, -0.15) is 0 Å². The lowest BCUT2D eigenvalue weighted by atomic mass is 10.1. The van der Waals surface area contributed by atoms with E-state index in [2.05, 4.69) is 4.98 Å². The number of H-pyrrole nitrogens is 1. The van der Waals surface area contributed by atoms with Crippen LogP contribution in [0.3, 0.4) is 0 Å². The molecule has 0 amide bonds. The summed E-state index contributed by atoms with van der Waals surface area (Å²) in [5.74, 6) is 0.307. The van der Waals surface area contributed by atoms with Crippen LogP contribution in [0.15, 0.2) is 0 Å². The molecule has 0 unspecified atom stereocenters. The van der Waals surface area contributed by atoms with Gasteiger partial charge in [0.25, 0.3) is 0 Å².